The van der Waals surface area contributed by atoms with Crippen LogP contribution in [-0.2, 0) is 11.2 Å². The summed E-state index contributed by atoms with van der Waals surface area (Å²) < 4.78 is 5.02. The maximum Gasteiger partial charge on any atom is 0.355 e. The highest BCUT2D eigenvalue weighted by atomic mass is 35.5. The van der Waals surface area contributed by atoms with E-state index < -0.39 is 5.97 Å². The molecule has 1 N–H and O–H groups in total. The summed E-state index contributed by atoms with van der Waals surface area (Å²) in [5.74, 6) is -0.0272. The highest BCUT2D eigenvalue weighted by Crippen LogP contribution is 2.26. The summed E-state index contributed by atoms with van der Waals surface area (Å²) in [5, 5.41) is 0.841. The first-order valence-corrected chi connectivity index (χ1v) is 6.58. The Bertz CT molecular complexity index is 618. The van der Waals surface area contributed by atoms with Crippen LogP contribution in [0.15, 0.2) is 18.2 Å². The van der Waals surface area contributed by atoms with Crippen LogP contribution in [0.2, 0.25) is 0 Å². The van der Waals surface area contributed by atoms with Gasteiger partial charge in [0.05, 0.1) is 12.1 Å². The van der Waals surface area contributed by atoms with Crippen molar-refractivity contribution in [1.82, 2.24) is 4.98 Å². The smallest absolute Gasteiger partial charge is 0.355 e. The molecule has 0 amide bonds. The lowest BCUT2D eigenvalue weighted by atomic mass is 10.1. The van der Waals surface area contributed by atoms with Gasteiger partial charge >= 0.3 is 5.97 Å². The molecule has 2 rings (SSSR count). The minimum atomic E-state index is -0.421. The molecule has 0 aliphatic rings. The SMILES string of the molecule is CCOC(=O)c1[nH]c2c(C=O)cccc2c1CCCl. The molecule has 0 radical (unpaired) electrons. The minimum Gasteiger partial charge on any atom is -0.461 e. The number of hydrogen-bond acceptors (Lipinski definition) is 3. The van der Waals surface area contributed by atoms with Gasteiger partial charge in [-0.1, -0.05) is 12.1 Å². The Morgan fingerprint density at radius 1 is 1.47 bits per heavy atom. The van der Waals surface area contributed by atoms with E-state index in [4.69, 9.17) is 16.3 Å². The summed E-state index contributed by atoms with van der Waals surface area (Å²) in [4.78, 5) is 25.9. The van der Waals surface area contributed by atoms with Crippen LogP contribution in [0, 0.1) is 0 Å². The number of rotatable bonds is 5. The third-order valence-corrected chi connectivity index (χ3v) is 3.11. The van der Waals surface area contributed by atoms with Crippen LogP contribution >= 0.6 is 11.6 Å². The zero-order chi connectivity index (χ0) is 13.8. The Balaban J connectivity index is 2.65. The number of H-pyrrole nitrogens is 1. The minimum absolute atomic E-state index is 0.301. The summed E-state index contributed by atoms with van der Waals surface area (Å²) in [6.45, 7) is 2.05. The van der Waals surface area contributed by atoms with Crippen LogP contribution in [0.25, 0.3) is 10.9 Å². The molecule has 2 aromatic rings. The summed E-state index contributed by atoms with van der Waals surface area (Å²) in [7, 11) is 0. The molecule has 100 valence electrons. The number of esters is 1. The molecule has 1 heterocycles. The average molecular weight is 280 g/mol. The molecular weight excluding hydrogens is 266 g/mol. The summed E-state index contributed by atoms with van der Waals surface area (Å²) in [5.41, 5.74) is 2.35. The van der Waals surface area contributed by atoms with Gasteiger partial charge in [-0.2, -0.15) is 0 Å². The largest absolute Gasteiger partial charge is 0.461 e. The third-order valence-electron chi connectivity index (χ3n) is 2.92. The molecule has 0 saturated carbocycles. The van der Waals surface area contributed by atoms with Gasteiger partial charge in [0.25, 0.3) is 0 Å². The van der Waals surface area contributed by atoms with Gasteiger partial charge in [0.1, 0.15) is 5.69 Å². The number of aromatic nitrogens is 1. The second-order valence-electron chi connectivity index (χ2n) is 4.03. The molecule has 0 aliphatic heterocycles. The molecular formula is C14H14ClNO3. The molecule has 0 aliphatic carbocycles. The monoisotopic (exact) mass is 279 g/mol. The Labute approximate surface area is 115 Å². The lowest BCUT2D eigenvalue weighted by molar-refractivity contribution is 0.0519. The molecule has 0 bridgehead atoms. The lowest BCUT2D eigenvalue weighted by Gasteiger charge is -2.02. The van der Waals surface area contributed by atoms with Crippen LogP contribution < -0.4 is 0 Å². The zero-order valence-electron chi connectivity index (χ0n) is 10.5. The fourth-order valence-electron chi connectivity index (χ4n) is 2.13. The normalized spacial score (nSPS) is 10.6. The number of ether oxygens (including phenoxy) is 1. The second-order valence-corrected chi connectivity index (χ2v) is 4.40. The summed E-state index contributed by atoms with van der Waals surface area (Å²) >= 11 is 5.79. The quantitative estimate of drug-likeness (QED) is 0.520. The van der Waals surface area contributed by atoms with Gasteiger partial charge in [0.15, 0.2) is 6.29 Å². The molecule has 1 aromatic heterocycles. The first-order chi connectivity index (χ1) is 9.22. The maximum absolute atomic E-state index is 11.9. The van der Waals surface area contributed by atoms with Gasteiger partial charge in [-0.25, -0.2) is 4.79 Å². The number of hydrogen-bond donors (Lipinski definition) is 1. The van der Waals surface area contributed by atoms with Crippen molar-refractivity contribution in [3.8, 4) is 0 Å². The highest BCUT2D eigenvalue weighted by molar-refractivity contribution is 6.18. The van der Waals surface area contributed by atoms with Crippen molar-refractivity contribution in [2.24, 2.45) is 0 Å². The van der Waals surface area contributed by atoms with Gasteiger partial charge in [-0.05, 0) is 25.0 Å². The molecule has 19 heavy (non-hydrogen) atoms. The number of para-hydroxylation sites is 1. The van der Waals surface area contributed by atoms with Crippen molar-refractivity contribution in [2.45, 2.75) is 13.3 Å². The molecule has 4 nitrogen and oxygen atoms in total. The van der Waals surface area contributed by atoms with Crippen LogP contribution in [0.1, 0.15) is 33.3 Å². The first-order valence-electron chi connectivity index (χ1n) is 6.04. The second kappa shape index (κ2) is 5.89. The number of aldehydes is 1. The Kier molecular flexibility index (Phi) is 4.22. The van der Waals surface area contributed by atoms with E-state index in [1.54, 1.807) is 19.1 Å². The number of aryl methyl sites for hydroxylation is 1. The Morgan fingerprint density at radius 2 is 2.26 bits per heavy atom. The topological polar surface area (TPSA) is 59.2 Å². The van der Waals surface area contributed by atoms with Gasteiger partial charge in [0, 0.05) is 16.8 Å². The summed E-state index contributed by atoms with van der Waals surface area (Å²) in [6.07, 6.45) is 1.30. The third kappa shape index (κ3) is 2.49. The van der Waals surface area contributed by atoms with Crippen LogP contribution in [0.5, 0.6) is 0 Å². The fraction of sp³-hybridized carbons (Fsp3) is 0.286. The van der Waals surface area contributed by atoms with E-state index in [2.05, 4.69) is 4.98 Å². The molecule has 0 saturated heterocycles. The van der Waals surface area contributed by atoms with Crippen molar-refractivity contribution >= 4 is 34.8 Å². The van der Waals surface area contributed by atoms with Crippen molar-refractivity contribution < 1.29 is 14.3 Å². The maximum atomic E-state index is 11.9. The van der Waals surface area contributed by atoms with Crippen LogP contribution in [0.3, 0.4) is 0 Å². The zero-order valence-corrected chi connectivity index (χ0v) is 11.3. The molecule has 0 fully saturated rings. The standard InChI is InChI=1S/C14H14ClNO3/c1-2-19-14(18)13-11(6-7-15)10-5-3-4-9(8-17)12(10)16-13/h3-5,8,16H,2,6-7H2,1H3. The predicted molar refractivity (Wildman–Crippen MR) is 74.1 cm³/mol. The molecule has 1 aromatic carbocycles. The molecule has 0 atom stereocenters. The molecule has 0 unspecified atom stereocenters. The number of carbonyl (C=O) groups is 2. The van der Waals surface area contributed by atoms with Gasteiger partial charge in [-0.3, -0.25) is 4.79 Å². The highest BCUT2D eigenvalue weighted by Gasteiger charge is 2.19. The van der Waals surface area contributed by atoms with E-state index in [0.717, 1.165) is 17.2 Å². The van der Waals surface area contributed by atoms with Crippen LogP contribution in [0.4, 0.5) is 0 Å². The van der Waals surface area contributed by atoms with Crippen molar-refractivity contribution in [2.75, 3.05) is 12.5 Å². The van der Waals surface area contributed by atoms with E-state index in [-0.39, 0.29) is 0 Å². The van der Waals surface area contributed by atoms with E-state index in [1.807, 2.05) is 6.07 Å². The van der Waals surface area contributed by atoms with Crippen LogP contribution in [-0.4, -0.2) is 29.7 Å². The average Bonchev–Trinajstić information content (AvgIpc) is 2.78. The van der Waals surface area contributed by atoms with E-state index in [1.165, 1.54) is 0 Å². The summed E-state index contributed by atoms with van der Waals surface area (Å²) in [6, 6.07) is 5.35. The Morgan fingerprint density at radius 3 is 2.89 bits per heavy atom. The number of benzene rings is 1. The number of aromatic amines is 1. The van der Waals surface area contributed by atoms with E-state index >= 15 is 0 Å². The van der Waals surface area contributed by atoms with E-state index in [9.17, 15) is 9.59 Å². The number of fused-ring (bicyclic) bond motifs is 1. The number of nitrogens with one attached hydrogen (secondary N) is 1. The van der Waals surface area contributed by atoms with E-state index in [0.29, 0.717) is 35.7 Å². The fourth-order valence-corrected chi connectivity index (χ4v) is 2.32. The van der Waals surface area contributed by atoms with Crippen molar-refractivity contribution in [3.05, 3.63) is 35.0 Å². The number of halogens is 1. The van der Waals surface area contributed by atoms with Gasteiger partial charge < -0.3 is 9.72 Å². The Hall–Kier alpha value is -1.81. The lowest BCUT2D eigenvalue weighted by Crippen LogP contribution is -2.08. The van der Waals surface area contributed by atoms with Gasteiger partial charge in [-0.15, -0.1) is 11.6 Å². The predicted octanol–water partition coefficient (Wildman–Crippen LogP) is 2.94. The van der Waals surface area contributed by atoms with Crippen molar-refractivity contribution in [3.63, 3.8) is 0 Å². The molecule has 5 heteroatoms. The van der Waals surface area contributed by atoms with Gasteiger partial charge in [0.2, 0.25) is 0 Å². The number of alkyl halides is 1. The van der Waals surface area contributed by atoms with Crippen molar-refractivity contribution in [1.29, 1.82) is 0 Å². The first kappa shape index (κ1) is 13.6. The number of carbonyl (C=O) groups excluding carboxylic acids is 2. The molecule has 0 spiro atoms.